The molecular formula is C15H28N2O2. The fourth-order valence-electron chi connectivity index (χ4n) is 2.88. The monoisotopic (exact) mass is 268 g/mol. The van der Waals surface area contributed by atoms with Gasteiger partial charge in [-0.3, -0.25) is 4.79 Å². The van der Waals surface area contributed by atoms with Gasteiger partial charge in [0.15, 0.2) is 0 Å². The van der Waals surface area contributed by atoms with Gasteiger partial charge < -0.3 is 15.4 Å². The number of ether oxygens (including phenoxy) is 1. The van der Waals surface area contributed by atoms with Crippen molar-refractivity contribution in [2.45, 2.75) is 64.0 Å². The summed E-state index contributed by atoms with van der Waals surface area (Å²) in [5, 5.41) is 6.40. The molecule has 1 heterocycles. The molecule has 110 valence electrons. The summed E-state index contributed by atoms with van der Waals surface area (Å²) in [4.78, 5) is 11.9. The molecule has 4 heteroatoms. The molecular weight excluding hydrogens is 240 g/mol. The van der Waals surface area contributed by atoms with E-state index in [1.165, 1.54) is 12.8 Å². The highest BCUT2D eigenvalue weighted by atomic mass is 16.5. The summed E-state index contributed by atoms with van der Waals surface area (Å²) in [7, 11) is 0. The summed E-state index contributed by atoms with van der Waals surface area (Å²) in [6.07, 6.45) is 6.59. The van der Waals surface area contributed by atoms with Gasteiger partial charge in [0.25, 0.3) is 0 Å². The van der Waals surface area contributed by atoms with E-state index in [-0.39, 0.29) is 17.6 Å². The van der Waals surface area contributed by atoms with E-state index >= 15 is 0 Å². The zero-order valence-corrected chi connectivity index (χ0v) is 12.3. The number of hydrogen-bond donors (Lipinski definition) is 2. The van der Waals surface area contributed by atoms with Gasteiger partial charge in [0.2, 0.25) is 5.91 Å². The first kappa shape index (κ1) is 14.8. The van der Waals surface area contributed by atoms with Crippen molar-refractivity contribution in [2.75, 3.05) is 19.7 Å². The van der Waals surface area contributed by atoms with Crippen LogP contribution in [0.4, 0.5) is 0 Å². The minimum atomic E-state index is -0.0162. The number of carbonyl (C=O) groups is 1. The van der Waals surface area contributed by atoms with Gasteiger partial charge in [0, 0.05) is 12.6 Å². The highest BCUT2D eigenvalue weighted by Gasteiger charge is 2.34. The molecule has 19 heavy (non-hydrogen) atoms. The predicted molar refractivity (Wildman–Crippen MR) is 76.0 cm³/mol. The largest absolute Gasteiger partial charge is 0.375 e. The Morgan fingerprint density at radius 1 is 1.26 bits per heavy atom. The third-order valence-electron chi connectivity index (χ3n) is 4.56. The first-order valence-corrected chi connectivity index (χ1v) is 7.81. The molecule has 1 atom stereocenters. The summed E-state index contributed by atoms with van der Waals surface area (Å²) < 4.78 is 5.93. The van der Waals surface area contributed by atoms with E-state index in [4.69, 9.17) is 4.74 Å². The summed E-state index contributed by atoms with van der Waals surface area (Å²) in [6, 6.07) is 0.281. The Morgan fingerprint density at radius 3 is 2.63 bits per heavy atom. The molecule has 2 N–H and O–H groups in total. The van der Waals surface area contributed by atoms with E-state index in [9.17, 15) is 4.79 Å². The number of amides is 1. The molecule has 1 amide bonds. The van der Waals surface area contributed by atoms with Gasteiger partial charge in [-0.2, -0.15) is 0 Å². The first-order valence-electron chi connectivity index (χ1n) is 7.81. The number of hydrogen-bond acceptors (Lipinski definition) is 3. The fourth-order valence-corrected chi connectivity index (χ4v) is 2.88. The van der Waals surface area contributed by atoms with Crippen LogP contribution in [0, 0.1) is 5.92 Å². The third-order valence-corrected chi connectivity index (χ3v) is 4.56. The molecule has 0 aromatic carbocycles. The van der Waals surface area contributed by atoms with Crippen molar-refractivity contribution in [3.05, 3.63) is 0 Å². The molecule has 1 unspecified atom stereocenters. The SMILES string of the molecule is CCC1(CC)CC(NC(=O)CNCC2CC2)CCO1. The van der Waals surface area contributed by atoms with Gasteiger partial charge in [-0.15, -0.1) is 0 Å². The van der Waals surface area contributed by atoms with Crippen molar-refractivity contribution in [3.63, 3.8) is 0 Å². The van der Waals surface area contributed by atoms with Crippen LogP contribution in [-0.4, -0.2) is 37.2 Å². The van der Waals surface area contributed by atoms with Crippen LogP contribution >= 0.6 is 0 Å². The maximum atomic E-state index is 11.9. The number of rotatable bonds is 7. The standard InChI is InChI=1S/C15H28N2O2/c1-3-15(4-2)9-13(7-8-19-15)17-14(18)11-16-10-12-5-6-12/h12-13,16H,3-11H2,1-2H3,(H,17,18). The zero-order valence-electron chi connectivity index (χ0n) is 12.3. The second kappa shape index (κ2) is 6.71. The van der Waals surface area contributed by atoms with E-state index in [2.05, 4.69) is 24.5 Å². The van der Waals surface area contributed by atoms with Crippen molar-refractivity contribution < 1.29 is 9.53 Å². The third kappa shape index (κ3) is 4.46. The summed E-state index contributed by atoms with van der Waals surface area (Å²) in [6.45, 7) is 6.56. The van der Waals surface area contributed by atoms with Crippen LogP contribution < -0.4 is 10.6 Å². The predicted octanol–water partition coefficient (Wildman–Crippen LogP) is 1.84. The van der Waals surface area contributed by atoms with E-state index in [1.807, 2.05) is 0 Å². The molecule has 0 bridgehead atoms. The number of nitrogens with one attached hydrogen (secondary N) is 2. The van der Waals surface area contributed by atoms with Crippen LogP contribution in [0.5, 0.6) is 0 Å². The van der Waals surface area contributed by atoms with E-state index in [0.29, 0.717) is 6.54 Å². The summed E-state index contributed by atoms with van der Waals surface area (Å²) >= 11 is 0. The molecule has 2 aliphatic rings. The lowest BCUT2D eigenvalue weighted by atomic mass is 9.86. The zero-order chi connectivity index (χ0) is 13.7. The van der Waals surface area contributed by atoms with Gasteiger partial charge in [0.1, 0.15) is 0 Å². The Morgan fingerprint density at radius 2 is 2.00 bits per heavy atom. The number of carbonyl (C=O) groups excluding carboxylic acids is 1. The van der Waals surface area contributed by atoms with Gasteiger partial charge in [-0.25, -0.2) is 0 Å². The quantitative estimate of drug-likeness (QED) is 0.741. The molecule has 0 aromatic rings. The van der Waals surface area contributed by atoms with Crippen LogP contribution in [0.25, 0.3) is 0 Å². The lowest BCUT2D eigenvalue weighted by molar-refractivity contribution is -0.125. The molecule has 1 aliphatic heterocycles. The Hall–Kier alpha value is -0.610. The van der Waals surface area contributed by atoms with Crippen LogP contribution in [-0.2, 0) is 9.53 Å². The van der Waals surface area contributed by atoms with Gasteiger partial charge >= 0.3 is 0 Å². The van der Waals surface area contributed by atoms with Crippen molar-refractivity contribution in [1.29, 1.82) is 0 Å². The Labute approximate surface area is 116 Å². The Bertz CT molecular complexity index is 299. The van der Waals surface area contributed by atoms with Crippen LogP contribution in [0.15, 0.2) is 0 Å². The van der Waals surface area contributed by atoms with E-state index < -0.39 is 0 Å². The van der Waals surface area contributed by atoms with Crippen LogP contribution in [0.3, 0.4) is 0 Å². The highest BCUT2D eigenvalue weighted by Crippen LogP contribution is 2.31. The molecule has 1 aliphatic carbocycles. The average Bonchev–Trinajstić information content (AvgIpc) is 3.23. The highest BCUT2D eigenvalue weighted by molar-refractivity contribution is 5.78. The molecule has 2 fully saturated rings. The average molecular weight is 268 g/mol. The van der Waals surface area contributed by atoms with E-state index in [1.54, 1.807) is 0 Å². The normalized spacial score (nSPS) is 26.1. The maximum absolute atomic E-state index is 11.9. The second-order valence-electron chi connectivity index (χ2n) is 6.07. The van der Waals surface area contributed by atoms with Crippen molar-refractivity contribution in [3.8, 4) is 0 Å². The molecule has 4 nitrogen and oxygen atoms in total. The van der Waals surface area contributed by atoms with Crippen LogP contribution in [0.2, 0.25) is 0 Å². The lowest BCUT2D eigenvalue weighted by Gasteiger charge is -2.40. The summed E-state index contributed by atoms with van der Waals surface area (Å²) in [5.74, 6) is 0.956. The molecule has 0 aromatic heterocycles. The minimum Gasteiger partial charge on any atom is -0.375 e. The van der Waals surface area contributed by atoms with Gasteiger partial charge in [0.05, 0.1) is 12.1 Å². The fraction of sp³-hybridized carbons (Fsp3) is 0.933. The van der Waals surface area contributed by atoms with Crippen molar-refractivity contribution in [2.24, 2.45) is 5.92 Å². The van der Waals surface area contributed by atoms with Crippen molar-refractivity contribution in [1.82, 2.24) is 10.6 Å². The first-order chi connectivity index (χ1) is 9.17. The molecule has 2 rings (SSSR count). The van der Waals surface area contributed by atoms with E-state index in [0.717, 1.165) is 44.8 Å². The Balaban J connectivity index is 1.69. The minimum absolute atomic E-state index is 0.0162. The molecule has 0 radical (unpaired) electrons. The topological polar surface area (TPSA) is 50.4 Å². The molecule has 1 saturated carbocycles. The van der Waals surface area contributed by atoms with Gasteiger partial charge in [-0.05, 0) is 51.0 Å². The molecule has 0 spiro atoms. The second-order valence-corrected chi connectivity index (χ2v) is 6.07. The van der Waals surface area contributed by atoms with Crippen LogP contribution in [0.1, 0.15) is 52.4 Å². The lowest BCUT2D eigenvalue weighted by Crippen LogP contribution is -2.49. The smallest absolute Gasteiger partial charge is 0.234 e. The maximum Gasteiger partial charge on any atom is 0.234 e. The summed E-state index contributed by atoms with van der Waals surface area (Å²) in [5.41, 5.74) is -0.0162. The Kier molecular flexibility index (Phi) is 5.22. The molecule has 1 saturated heterocycles. The van der Waals surface area contributed by atoms with Crippen molar-refractivity contribution >= 4 is 5.91 Å². The van der Waals surface area contributed by atoms with Gasteiger partial charge in [-0.1, -0.05) is 13.8 Å².